The summed E-state index contributed by atoms with van der Waals surface area (Å²) in [6, 6.07) is 11.0. The molecule has 3 nitrogen and oxygen atoms in total. The molecule has 2 heterocycles. The molecule has 0 radical (unpaired) electrons. The van der Waals surface area contributed by atoms with Gasteiger partial charge in [-0.15, -0.1) is 0 Å². The number of aromatic nitrogens is 2. The number of hydrogen-bond donors (Lipinski definition) is 0. The maximum absolute atomic E-state index is 5.06. The van der Waals surface area contributed by atoms with Crippen LogP contribution in [0.4, 0.5) is 0 Å². The second kappa shape index (κ2) is 9.34. The van der Waals surface area contributed by atoms with Crippen LogP contribution in [-0.2, 0) is 13.0 Å². The fraction of sp³-hybridized carbons (Fsp3) is 0.519. The Labute approximate surface area is 182 Å². The molecule has 0 N–H and O–H groups in total. The van der Waals surface area contributed by atoms with E-state index < -0.39 is 0 Å². The highest BCUT2D eigenvalue weighted by molar-refractivity contribution is 5.76. The van der Waals surface area contributed by atoms with E-state index in [-0.39, 0.29) is 0 Å². The maximum Gasteiger partial charge on any atom is 0.110 e. The van der Waals surface area contributed by atoms with E-state index in [1.807, 2.05) is 0 Å². The lowest BCUT2D eigenvalue weighted by molar-refractivity contribution is 0.280. The molecule has 0 unspecified atom stereocenters. The summed E-state index contributed by atoms with van der Waals surface area (Å²) in [6.07, 6.45) is 7.78. The van der Waals surface area contributed by atoms with Crippen molar-refractivity contribution in [1.29, 1.82) is 0 Å². The molecule has 3 heteroatoms. The smallest absolute Gasteiger partial charge is 0.110 e. The highest BCUT2D eigenvalue weighted by Crippen LogP contribution is 2.26. The summed E-state index contributed by atoms with van der Waals surface area (Å²) in [7, 11) is 0. The number of para-hydroxylation sites is 2. The van der Waals surface area contributed by atoms with Crippen LogP contribution in [0.5, 0.6) is 0 Å². The normalized spacial score (nSPS) is 15.6. The Morgan fingerprint density at radius 3 is 2.23 bits per heavy atom. The zero-order chi connectivity index (χ0) is 21.1. The molecule has 1 fully saturated rings. The van der Waals surface area contributed by atoms with E-state index in [9.17, 15) is 0 Å². The first-order valence-corrected chi connectivity index (χ1v) is 11.8. The van der Waals surface area contributed by atoms with E-state index in [4.69, 9.17) is 4.98 Å². The van der Waals surface area contributed by atoms with Crippen LogP contribution in [0.15, 0.2) is 30.3 Å². The SMILES string of the molecule is Cc1cc(C)c(C)c(Cn2c(CCCN3CCCCCC3)nc3ccccc32)c1C. The van der Waals surface area contributed by atoms with E-state index in [1.165, 1.54) is 90.9 Å². The van der Waals surface area contributed by atoms with Gasteiger partial charge in [0.1, 0.15) is 5.82 Å². The van der Waals surface area contributed by atoms with Crippen molar-refractivity contribution in [2.45, 2.75) is 72.8 Å². The fourth-order valence-electron chi connectivity index (χ4n) is 5.01. The van der Waals surface area contributed by atoms with Crippen LogP contribution < -0.4 is 0 Å². The number of hydrogen-bond acceptors (Lipinski definition) is 2. The van der Waals surface area contributed by atoms with E-state index in [2.05, 4.69) is 67.5 Å². The minimum absolute atomic E-state index is 0.916. The Morgan fingerprint density at radius 1 is 0.867 bits per heavy atom. The lowest BCUT2D eigenvalue weighted by atomic mass is 9.94. The molecule has 2 aromatic carbocycles. The molecule has 1 aromatic heterocycles. The molecule has 1 aliphatic heterocycles. The highest BCUT2D eigenvalue weighted by Gasteiger charge is 2.16. The monoisotopic (exact) mass is 403 g/mol. The number of rotatable bonds is 6. The third-order valence-electron chi connectivity index (χ3n) is 7.14. The van der Waals surface area contributed by atoms with Crippen LogP contribution in [0.25, 0.3) is 11.0 Å². The van der Waals surface area contributed by atoms with Gasteiger partial charge < -0.3 is 9.47 Å². The first-order chi connectivity index (χ1) is 14.5. The standard InChI is InChI=1S/C27H37N3/c1-20-18-21(2)23(4)24(22(20)3)19-30-26-13-8-7-12-25(26)28-27(30)14-11-17-29-15-9-5-6-10-16-29/h7-8,12-13,18H,5-6,9-11,14-17,19H2,1-4H3. The average molecular weight is 404 g/mol. The summed E-state index contributed by atoms with van der Waals surface area (Å²) in [4.78, 5) is 7.72. The molecule has 0 aliphatic carbocycles. The molecule has 0 atom stereocenters. The second-order valence-electron chi connectivity index (χ2n) is 9.20. The predicted molar refractivity (Wildman–Crippen MR) is 127 cm³/mol. The van der Waals surface area contributed by atoms with Crippen molar-refractivity contribution in [2.24, 2.45) is 0 Å². The fourth-order valence-corrected chi connectivity index (χ4v) is 5.01. The van der Waals surface area contributed by atoms with Crippen molar-refractivity contribution in [3.05, 3.63) is 64.0 Å². The minimum atomic E-state index is 0.916. The van der Waals surface area contributed by atoms with Gasteiger partial charge in [0.15, 0.2) is 0 Å². The summed E-state index contributed by atoms with van der Waals surface area (Å²) in [6.45, 7) is 13.7. The topological polar surface area (TPSA) is 21.1 Å². The second-order valence-corrected chi connectivity index (χ2v) is 9.20. The number of benzene rings is 2. The summed E-state index contributed by atoms with van der Waals surface area (Å²) in [5, 5.41) is 0. The molecule has 0 amide bonds. The molecule has 160 valence electrons. The molecule has 0 bridgehead atoms. The van der Waals surface area contributed by atoms with Gasteiger partial charge in [0.25, 0.3) is 0 Å². The average Bonchev–Trinajstić information content (AvgIpc) is 2.89. The number of fused-ring (bicyclic) bond motifs is 1. The van der Waals surface area contributed by atoms with Crippen molar-refractivity contribution in [1.82, 2.24) is 14.5 Å². The van der Waals surface area contributed by atoms with Crippen LogP contribution in [0.1, 0.15) is 65.7 Å². The Kier molecular flexibility index (Phi) is 6.58. The number of nitrogens with zero attached hydrogens (tertiary/aromatic N) is 3. The van der Waals surface area contributed by atoms with Gasteiger partial charge in [0, 0.05) is 13.0 Å². The lowest BCUT2D eigenvalue weighted by Crippen LogP contribution is -2.26. The maximum atomic E-state index is 5.06. The largest absolute Gasteiger partial charge is 0.323 e. The van der Waals surface area contributed by atoms with E-state index in [1.54, 1.807) is 0 Å². The van der Waals surface area contributed by atoms with Crippen molar-refractivity contribution in [3.63, 3.8) is 0 Å². The van der Waals surface area contributed by atoms with Gasteiger partial charge in [-0.25, -0.2) is 4.98 Å². The Balaban J connectivity index is 1.60. The van der Waals surface area contributed by atoms with Gasteiger partial charge in [0.05, 0.1) is 11.0 Å². The van der Waals surface area contributed by atoms with Crippen LogP contribution in [0, 0.1) is 27.7 Å². The van der Waals surface area contributed by atoms with E-state index in [0.29, 0.717) is 0 Å². The Hall–Kier alpha value is -2.13. The zero-order valence-electron chi connectivity index (χ0n) is 19.3. The number of aryl methyl sites for hydroxylation is 3. The summed E-state index contributed by atoms with van der Waals surface area (Å²) < 4.78 is 2.48. The first-order valence-electron chi connectivity index (χ1n) is 11.8. The third kappa shape index (κ3) is 4.46. The van der Waals surface area contributed by atoms with E-state index >= 15 is 0 Å². The molecule has 4 rings (SSSR count). The lowest BCUT2D eigenvalue weighted by Gasteiger charge is -2.20. The molecule has 1 aliphatic rings. The van der Waals surface area contributed by atoms with Gasteiger partial charge in [-0.3, -0.25) is 0 Å². The minimum Gasteiger partial charge on any atom is -0.323 e. The molecule has 0 saturated carbocycles. The highest BCUT2D eigenvalue weighted by atomic mass is 15.1. The van der Waals surface area contributed by atoms with E-state index in [0.717, 1.165) is 18.5 Å². The summed E-state index contributed by atoms with van der Waals surface area (Å²) in [5.74, 6) is 1.24. The number of imidazole rings is 1. The predicted octanol–water partition coefficient (Wildman–Crippen LogP) is 6.13. The molecule has 1 saturated heterocycles. The Morgan fingerprint density at radius 2 is 1.53 bits per heavy atom. The quantitative estimate of drug-likeness (QED) is 0.494. The van der Waals surface area contributed by atoms with Crippen LogP contribution >= 0.6 is 0 Å². The number of likely N-dealkylation sites (tertiary alicyclic amines) is 1. The molecule has 3 aromatic rings. The third-order valence-corrected chi connectivity index (χ3v) is 7.14. The van der Waals surface area contributed by atoms with Gasteiger partial charge in [-0.1, -0.05) is 31.0 Å². The van der Waals surface area contributed by atoms with Crippen molar-refractivity contribution in [2.75, 3.05) is 19.6 Å². The van der Waals surface area contributed by atoms with Gasteiger partial charge >= 0.3 is 0 Å². The summed E-state index contributed by atoms with van der Waals surface area (Å²) >= 11 is 0. The van der Waals surface area contributed by atoms with Gasteiger partial charge in [0.2, 0.25) is 0 Å². The van der Waals surface area contributed by atoms with Gasteiger partial charge in [-0.05, 0) is 107 Å². The molecular weight excluding hydrogens is 366 g/mol. The van der Waals surface area contributed by atoms with Crippen LogP contribution in [0.3, 0.4) is 0 Å². The van der Waals surface area contributed by atoms with Gasteiger partial charge in [-0.2, -0.15) is 0 Å². The molecular formula is C27H37N3. The van der Waals surface area contributed by atoms with Crippen molar-refractivity contribution < 1.29 is 0 Å². The van der Waals surface area contributed by atoms with Crippen molar-refractivity contribution >= 4 is 11.0 Å². The van der Waals surface area contributed by atoms with Crippen LogP contribution in [-0.4, -0.2) is 34.1 Å². The van der Waals surface area contributed by atoms with Crippen LogP contribution in [0.2, 0.25) is 0 Å². The molecule has 30 heavy (non-hydrogen) atoms. The first kappa shape index (κ1) is 21.1. The zero-order valence-corrected chi connectivity index (χ0v) is 19.3. The Bertz CT molecular complexity index is 980. The molecule has 0 spiro atoms. The summed E-state index contributed by atoms with van der Waals surface area (Å²) in [5.41, 5.74) is 9.48. The van der Waals surface area contributed by atoms with Crippen molar-refractivity contribution in [3.8, 4) is 0 Å².